The van der Waals surface area contributed by atoms with Gasteiger partial charge in [-0.25, -0.2) is 4.98 Å². The van der Waals surface area contributed by atoms with E-state index >= 15 is 0 Å². The number of carbonyl (C=O) groups excluding carboxylic acids is 1. The van der Waals surface area contributed by atoms with Crippen molar-refractivity contribution in [2.24, 2.45) is 0 Å². The Balaban J connectivity index is 1.68. The largest absolute Gasteiger partial charge is 0.311 e. The van der Waals surface area contributed by atoms with Crippen LogP contribution in [0.5, 0.6) is 0 Å². The van der Waals surface area contributed by atoms with Gasteiger partial charge in [-0.1, -0.05) is 29.8 Å². The van der Waals surface area contributed by atoms with Crippen LogP contribution in [0.15, 0.2) is 77.6 Å². The summed E-state index contributed by atoms with van der Waals surface area (Å²) >= 11 is 0. The van der Waals surface area contributed by atoms with Gasteiger partial charge in [0.05, 0.1) is 16.6 Å². The molecular weight excluding hydrogens is 362 g/mol. The van der Waals surface area contributed by atoms with Gasteiger partial charge in [0.15, 0.2) is 0 Å². The topological polar surface area (TPSA) is 55.2 Å². The lowest BCUT2D eigenvalue weighted by molar-refractivity contribution is 0.0993. The van der Waals surface area contributed by atoms with Gasteiger partial charge in [0.25, 0.3) is 11.5 Å². The van der Waals surface area contributed by atoms with Gasteiger partial charge >= 0.3 is 0 Å². The number of rotatable bonds is 3. The van der Waals surface area contributed by atoms with Crippen molar-refractivity contribution in [3.8, 4) is 5.69 Å². The Bertz CT molecular complexity index is 1260. The van der Waals surface area contributed by atoms with Crippen molar-refractivity contribution in [3.63, 3.8) is 0 Å². The first-order valence-electron chi connectivity index (χ1n) is 9.39. The summed E-state index contributed by atoms with van der Waals surface area (Å²) in [5.41, 5.74) is 3.76. The highest BCUT2D eigenvalue weighted by Gasteiger charge is 2.15. The SMILES string of the molecule is Cc1ccc(N(C)C(=O)c2ccc(-n3c(C)nc4ccccc4c3=O)cc2)cc1. The minimum atomic E-state index is -0.121. The van der Waals surface area contributed by atoms with E-state index in [1.807, 2.05) is 49.4 Å². The second-order valence-electron chi connectivity index (χ2n) is 7.06. The molecule has 5 heteroatoms. The molecule has 29 heavy (non-hydrogen) atoms. The van der Waals surface area contributed by atoms with Crippen molar-refractivity contribution in [2.45, 2.75) is 13.8 Å². The predicted molar refractivity (Wildman–Crippen MR) is 116 cm³/mol. The maximum Gasteiger partial charge on any atom is 0.265 e. The molecule has 5 nitrogen and oxygen atoms in total. The molecule has 144 valence electrons. The third kappa shape index (κ3) is 3.43. The van der Waals surface area contributed by atoms with Crippen LogP contribution >= 0.6 is 0 Å². The smallest absolute Gasteiger partial charge is 0.265 e. The molecule has 1 aromatic heterocycles. The standard InChI is InChI=1S/C24H21N3O2/c1-16-8-12-19(13-9-16)26(3)23(28)18-10-14-20(15-11-18)27-17(2)25-22-7-5-4-6-21(22)24(27)29/h4-15H,1-3H3. The summed E-state index contributed by atoms with van der Waals surface area (Å²) in [7, 11) is 1.75. The molecule has 0 aliphatic heterocycles. The molecule has 0 saturated carbocycles. The number of aromatic nitrogens is 2. The molecule has 0 saturated heterocycles. The number of hydrogen-bond acceptors (Lipinski definition) is 3. The number of fused-ring (bicyclic) bond motifs is 1. The van der Waals surface area contributed by atoms with Crippen LogP contribution in [0.25, 0.3) is 16.6 Å². The number of anilines is 1. The second kappa shape index (κ2) is 7.36. The number of benzene rings is 3. The first-order valence-corrected chi connectivity index (χ1v) is 9.39. The highest BCUT2D eigenvalue weighted by Crippen LogP contribution is 2.18. The van der Waals surface area contributed by atoms with Crippen molar-refractivity contribution < 1.29 is 4.79 Å². The van der Waals surface area contributed by atoms with Crippen molar-refractivity contribution in [1.29, 1.82) is 0 Å². The van der Waals surface area contributed by atoms with Gasteiger partial charge in [-0.15, -0.1) is 0 Å². The quantitative estimate of drug-likeness (QED) is 0.531. The zero-order valence-electron chi connectivity index (χ0n) is 16.6. The lowest BCUT2D eigenvalue weighted by atomic mass is 10.1. The van der Waals surface area contributed by atoms with Crippen LogP contribution in [0.4, 0.5) is 5.69 Å². The summed E-state index contributed by atoms with van der Waals surface area (Å²) in [4.78, 5) is 31.9. The van der Waals surface area contributed by atoms with Gasteiger partial charge in [0.2, 0.25) is 0 Å². The number of hydrogen-bond donors (Lipinski definition) is 0. The first kappa shape index (κ1) is 18.6. The monoisotopic (exact) mass is 383 g/mol. The molecule has 0 unspecified atom stereocenters. The van der Waals surface area contributed by atoms with E-state index in [1.165, 1.54) is 0 Å². The molecule has 0 bridgehead atoms. The van der Waals surface area contributed by atoms with E-state index in [4.69, 9.17) is 0 Å². The molecule has 1 amide bonds. The van der Waals surface area contributed by atoms with Gasteiger partial charge in [-0.2, -0.15) is 0 Å². The number of aryl methyl sites for hydroxylation is 2. The number of amides is 1. The van der Waals surface area contributed by atoms with E-state index in [-0.39, 0.29) is 11.5 Å². The number of para-hydroxylation sites is 1. The van der Waals surface area contributed by atoms with E-state index in [2.05, 4.69) is 4.98 Å². The Morgan fingerprint density at radius 2 is 1.55 bits per heavy atom. The summed E-state index contributed by atoms with van der Waals surface area (Å²) in [6.45, 7) is 3.81. The van der Waals surface area contributed by atoms with E-state index in [9.17, 15) is 9.59 Å². The van der Waals surface area contributed by atoms with Crippen LogP contribution < -0.4 is 10.5 Å². The normalized spacial score (nSPS) is 10.9. The molecule has 0 aliphatic rings. The fourth-order valence-electron chi connectivity index (χ4n) is 3.38. The van der Waals surface area contributed by atoms with Crippen molar-refractivity contribution >= 4 is 22.5 Å². The Labute approximate surface area is 168 Å². The van der Waals surface area contributed by atoms with Crippen LogP contribution in [0.3, 0.4) is 0 Å². The molecule has 4 aromatic rings. The summed E-state index contributed by atoms with van der Waals surface area (Å²) in [6, 6.07) is 22.1. The molecule has 4 rings (SSSR count). The van der Waals surface area contributed by atoms with Crippen LogP contribution in [-0.4, -0.2) is 22.5 Å². The highest BCUT2D eigenvalue weighted by atomic mass is 16.2. The molecule has 0 atom stereocenters. The van der Waals surface area contributed by atoms with Crippen molar-refractivity contribution in [2.75, 3.05) is 11.9 Å². The number of nitrogens with zero attached hydrogens (tertiary/aromatic N) is 3. The van der Waals surface area contributed by atoms with E-state index in [0.29, 0.717) is 28.0 Å². The molecule has 0 spiro atoms. The number of carbonyl (C=O) groups is 1. The van der Waals surface area contributed by atoms with Gasteiger partial charge in [-0.05, 0) is 62.4 Å². The van der Waals surface area contributed by atoms with E-state index in [1.54, 1.807) is 53.8 Å². The van der Waals surface area contributed by atoms with Gasteiger partial charge in [0, 0.05) is 18.3 Å². The van der Waals surface area contributed by atoms with Gasteiger partial charge in [0.1, 0.15) is 5.82 Å². The lowest BCUT2D eigenvalue weighted by Crippen LogP contribution is -2.26. The van der Waals surface area contributed by atoms with E-state index < -0.39 is 0 Å². The second-order valence-corrected chi connectivity index (χ2v) is 7.06. The van der Waals surface area contributed by atoms with Crippen LogP contribution in [-0.2, 0) is 0 Å². The molecule has 3 aromatic carbocycles. The maximum absolute atomic E-state index is 12.9. The van der Waals surface area contributed by atoms with Crippen LogP contribution in [0.2, 0.25) is 0 Å². The average Bonchev–Trinajstić information content (AvgIpc) is 2.74. The fraction of sp³-hybridized carbons (Fsp3) is 0.125. The summed E-state index contributed by atoms with van der Waals surface area (Å²) in [5.74, 6) is 0.491. The molecular formula is C24H21N3O2. The van der Waals surface area contributed by atoms with Crippen molar-refractivity contribution in [3.05, 3.63) is 100 Å². The van der Waals surface area contributed by atoms with Crippen LogP contribution in [0, 0.1) is 13.8 Å². The molecule has 0 fully saturated rings. The summed E-state index contributed by atoms with van der Waals surface area (Å²) in [5, 5.41) is 0.567. The Morgan fingerprint density at radius 1 is 0.897 bits per heavy atom. The Hall–Kier alpha value is -3.73. The van der Waals surface area contributed by atoms with Crippen LogP contribution in [0.1, 0.15) is 21.7 Å². The minimum absolute atomic E-state index is 0.110. The maximum atomic E-state index is 12.9. The van der Waals surface area contributed by atoms with Gasteiger partial charge in [-0.3, -0.25) is 14.2 Å². The Kier molecular flexibility index (Phi) is 4.72. The predicted octanol–water partition coefficient (Wildman–Crippen LogP) is 4.28. The average molecular weight is 383 g/mol. The lowest BCUT2D eigenvalue weighted by Gasteiger charge is -2.18. The third-order valence-electron chi connectivity index (χ3n) is 5.04. The van der Waals surface area contributed by atoms with Crippen molar-refractivity contribution in [1.82, 2.24) is 9.55 Å². The van der Waals surface area contributed by atoms with E-state index in [0.717, 1.165) is 11.3 Å². The highest BCUT2D eigenvalue weighted by molar-refractivity contribution is 6.05. The third-order valence-corrected chi connectivity index (χ3v) is 5.04. The Morgan fingerprint density at radius 3 is 2.24 bits per heavy atom. The minimum Gasteiger partial charge on any atom is -0.311 e. The molecule has 0 radical (unpaired) electrons. The first-order chi connectivity index (χ1) is 14.0. The molecule has 0 aliphatic carbocycles. The zero-order chi connectivity index (χ0) is 20.5. The fourth-order valence-corrected chi connectivity index (χ4v) is 3.38. The molecule has 0 N–H and O–H groups in total. The molecule has 1 heterocycles. The summed E-state index contributed by atoms with van der Waals surface area (Å²) < 4.78 is 1.57. The zero-order valence-corrected chi connectivity index (χ0v) is 16.6. The summed E-state index contributed by atoms with van der Waals surface area (Å²) in [6.07, 6.45) is 0. The van der Waals surface area contributed by atoms with Gasteiger partial charge < -0.3 is 4.90 Å².